The Balaban J connectivity index is 1.42. The molecule has 1 aromatic carbocycles. The third-order valence-electron chi connectivity index (χ3n) is 5.93. The Morgan fingerprint density at radius 2 is 1.54 bits per heavy atom. The van der Waals surface area contributed by atoms with Gasteiger partial charge in [0.25, 0.3) is 0 Å². The first-order chi connectivity index (χ1) is 11.7. The van der Waals surface area contributed by atoms with Crippen LogP contribution >= 0.6 is 0 Å². The Hall–Kier alpha value is -1.35. The molecule has 3 rings (SSSR count). The van der Waals surface area contributed by atoms with Crippen molar-refractivity contribution in [2.75, 3.05) is 19.6 Å². The molecular weight excluding hydrogens is 296 g/mol. The molecule has 3 nitrogen and oxygen atoms in total. The van der Waals surface area contributed by atoms with Crippen LogP contribution < -0.4 is 5.73 Å². The van der Waals surface area contributed by atoms with E-state index in [1.165, 1.54) is 56.1 Å². The van der Waals surface area contributed by atoms with E-state index >= 15 is 0 Å². The van der Waals surface area contributed by atoms with Gasteiger partial charge in [-0.2, -0.15) is 0 Å². The number of nitrogens with zero attached hydrogens (tertiary/aromatic N) is 1. The van der Waals surface area contributed by atoms with Gasteiger partial charge in [-0.25, -0.2) is 0 Å². The molecule has 132 valence electrons. The summed E-state index contributed by atoms with van der Waals surface area (Å²) in [5.74, 6) is 1.92. The fourth-order valence-electron chi connectivity index (χ4n) is 4.22. The van der Waals surface area contributed by atoms with Gasteiger partial charge in [0, 0.05) is 19.5 Å². The van der Waals surface area contributed by atoms with Gasteiger partial charge in [-0.3, -0.25) is 4.79 Å². The number of hydrogen-bond donors (Lipinski definition) is 1. The highest BCUT2D eigenvalue weighted by Gasteiger charge is 2.20. The zero-order valence-corrected chi connectivity index (χ0v) is 14.9. The highest BCUT2D eigenvalue weighted by molar-refractivity contribution is 5.76. The van der Waals surface area contributed by atoms with Gasteiger partial charge >= 0.3 is 0 Å². The van der Waals surface area contributed by atoms with Gasteiger partial charge in [0.1, 0.15) is 0 Å². The lowest BCUT2D eigenvalue weighted by Gasteiger charge is -2.27. The third kappa shape index (κ3) is 4.83. The van der Waals surface area contributed by atoms with Crippen LogP contribution in [0.2, 0.25) is 0 Å². The van der Waals surface area contributed by atoms with E-state index < -0.39 is 0 Å². The second-order valence-corrected chi connectivity index (χ2v) is 7.73. The van der Waals surface area contributed by atoms with Gasteiger partial charge in [-0.05, 0) is 80.9 Å². The molecule has 3 heteroatoms. The quantitative estimate of drug-likeness (QED) is 0.868. The molecule has 2 aliphatic rings. The smallest absolute Gasteiger partial charge is 0.222 e. The molecule has 1 aliphatic heterocycles. The number of carbonyl (C=O) groups excluding carboxylic acids is 1. The summed E-state index contributed by atoms with van der Waals surface area (Å²) >= 11 is 0. The summed E-state index contributed by atoms with van der Waals surface area (Å²) in [4.78, 5) is 14.1. The van der Waals surface area contributed by atoms with Crippen molar-refractivity contribution in [2.24, 2.45) is 17.6 Å². The lowest BCUT2D eigenvalue weighted by molar-refractivity contribution is -0.130. The fraction of sp³-hybridized carbons (Fsp3) is 0.667. The summed E-state index contributed by atoms with van der Waals surface area (Å²) < 4.78 is 0. The Morgan fingerprint density at radius 3 is 2.17 bits per heavy atom. The first-order valence-electron chi connectivity index (χ1n) is 9.80. The summed E-state index contributed by atoms with van der Waals surface area (Å²) in [6.07, 6.45) is 10.3. The lowest BCUT2D eigenvalue weighted by atomic mass is 9.79. The van der Waals surface area contributed by atoms with Gasteiger partial charge in [-0.1, -0.05) is 24.3 Å². The minimum absolute atomic E-state index is 0.327. The van der Waals surface area contributed by atoms with E-state index in [0.717, 1.165) is 37.9 Å². The van der Waals surface area contributed by atoms with Crippen LogP contribution in [0, 0.1) is 11.8 Å². The van der Waals surface area contributed by atoms with E-state index in [0.29, 0.717) is 12.3 Å². The van der Waals surface area contributed by atoms with Crippen LogP contribution in [0.1, 0.15) is 56.1 Å². The second-order valence-electron chi connectivity index (χ2n) is 7.73. The minimum Gasteiger partial charge on any atom is -0.343 e. The maximum Gasteiger partial charge on any atom is 0.222 e. The molecule has 1 saturated carbocycles. The van der Waals surface area contributed by atoms with Gasteiger partial charge in [0.15, 0.2) is 0 Å². The number of amides is 1. The topological polar surface area (TPSA) is 46.3 Å². The average molecular weight is 329 g/mol. The fourth-order valence-corrected chi connectivity index (χ4v) is 4.22. The highest BCUT2D eigenvalue weighted by Crippen LogP contribution is 2.30. The van der Waals surface area contributed by atoms with E-state index in [2.05, 4.69) is 24.3 Å². The minimum atomic E-state index is 0.327. The van der Waals surface area contributed by atoms with Crippen molar-refractivity contribution in [1.29, 1.82) is 0 Å². The highest BCUT2D eigenvalue weighted by atomic mass is 16.2. The van der Waals surface area contributed by atoms with Crippen molar-refractivity contribution in [3.05, 3.63) is 35.4 Å². The molecule has 0 bridgehead atoms. The molecule has 0 unspecified atom stereocenters. The zero-order valence-electron chi connectivity index (χ0n) is 14.9. The number of carbonyl (C=O) groups is 1. The van der Waals surface area contributed by atoms with E-state index in [4.69, 9.17) is 5.73 Å². The Morgan fingerprint density at radius 1 is 0.958 bits per heavy atom. The normalized spacial score (nSPS) is 24.3. The molecule has 0 atom stereocenters. The Kier molecular flexibility index (Phi) is 6.30. The van der Waals surface area contributed by atoms with Crippen LogP contribution in [-0.4, -0.2) is 30.4 Å². The first kappa shape index (κ1) is 17.5. The van der Waals surface area contributed by atoms with Crippen LogP contribution in [0.4, 0.5) is 0 Å². The number of likely N-dealkylation sites (tertiary alicyclic amines) is 1. The molecule has 24 heavy (non-hydrogen) atoms. The van der Waals surface area contributed by atoms with Crippen LogP contribution in [0.25, 0.3) is 0 Å². The molecule has 1 aliphatic carbocycles. The largest absolute Gasteiger partial charge is 0.343 e. The van der Waals surface area contributed by atoms with Gasteiger partial charge in [0.2, 0.25) is 5.91 Å². The predicted octanol–water partition coefficient (Wildman–Crippen LogP) is 3.55. The number of aryl methyl sites for hydroxylation is 1. The summed E-state index contributed by atoms with van der Waals surface area (Å²) in [5, 5.41) is 0. The van der Waals surface area contributed by atoms with Crippen molar-refractivity contribution in [3.8, 4) is 0 Å². The van der Waals surface area contributed by atoms with Crippen LogP contribution in [-0.2, 0) is 17.6 Å². The number of benzene rings is 1. The maximum atomic E-state index is 12.1. The average Bonchev–Trinajstić information content (AvgIpc) is 3.16. The van der Waals surface area contributed by atoms with Crippen LogP contribution in [0.15, 0.2) is 24.3 Å². The molecule has 1 amide bonds. The molecule has 2 fully saturated rings. The summed E-state index contributed by atoms with van der Waals surface area (Å²) in [5.41, 5.74) is 8.52. The predicted molar refractivity (Wildman–Crippen MR) is 98.8 cm³/mol. The standard InChI is InChI=1S/C21H32N2O/c22-16-20-9-7-19(8-10-20)15-18-5-3-17(4-6-18)11-12-21(24)23-13-1-2-14-23/h3-6,19-20H,1-2,7-16,22H2. The molecule has 0 spiro atoms. The second kappa shape index (κ2) is 8.66. The van der Waals surface area contributed by atoms with Crippen molar-refractivity contribution in [2.45, 2.75) is 57.8 Å². The monoisotopic (exact) mass is 328 g/mol. The van der Waals surface area contributed by atoms with Crippen LogP contribution in [0.5, 0.6) is 0 Å². The summed E-state index contributed by atoms with van der Waals surface area (Å²) in [7, 11) is 0. The third-order valence-corrected chi connectivity index (χ3v) is 5.93. The SMILES string of the molecule is NCC1CCC(Cc2ccc(CCC(=O)N3CCCC3)cc2)CC1. The number of nitrogens with two attached hydrogens (primary N) is 1. The number of hydrogen-bond acceptors (Lipinski definition) is 2. The molecule has 0 aromatic heterocycles. The summed E-state index contributed by atoms with van der Waals surface area (Å²) in [6, 6.07) is 8.98. The van der Waals surface area contributed by atoms with E-state index in [1.54, 1.807) is 0 Å². The molecule has 0 radical (unpaired) electrons. The van der Waals surface area contributed by atoms with E-state index in [9.17, 15) is 4.79 Å². The molecule has 2 N–H and O–H groups in total. The van der Waals surface area contributed by atoms with Crippen molar-refractivity contribution in [3.63, 3.8) is 0 Å². The van der Waals surface area contributed by atoms with Crippen molar-refractivity contribution >= 4 is 5.91 Å². The lowest BCUT2D eigenvalue weighted by Crippen LogP contribution is -2.27. The van der Waals surface area contributed by atoms with Crippen molar-refractivity contribution in [1.82, 2.24) is 4.90 Å². The molecule has 1 heterocycles. The van der Waals surface area contributed by atoms with Gasteiger partial charge in [-0.15, -0.1) is 0 Å². The first-order valence-corrected chi connectivity index (χ1v) is 9.80. The van der Waals surface area contributed by atoms with Crippen molar-refractivity contribution < 1.29 is 4.79 Å². The van der Waals surface area contributed by atoms with Gasteiger partial charge in [0.05, 0.1) is 0 Å². The molecule has 1 saturated heterocycles. The van der Waals surface area contributed by atoms with Crippen LogP contribution in [0.3, 0.4) is 0 Å². The Labute approximate surface area is 146 Å². The van der Waals surface area contributed by atoms with Gasteiger partial charge < -0.3 is 10.6 Å². The summed E-state index contributed by atoms with van der Waals surface area (Å²) in [6.45, 7) is 2.78. The zero-order chi connectivity index (χ0) is 16.8. The van der Waals surface area contributed by atoms with E-state index in [1.807, 2.05) is 4.90 Å². The number of rotatable bonds is 6. The molecule has 1 aromatic rings. The van der Waals surface area contributed by atoms with E-state index in [-0.39, 0.29) is 0 Å². The molecular formula is C21H32N2O. The maximum absolute atomic E-state index is 12.1. The Bertz CT molecular complexity index is 511.